The zero-order valence-corrected chi connectivity index (χ0v) is 40.5. The van der Waals surface area contributed by atoms with Crippen LogP contribution in [0.4, 0.5) is 0 Å². The van der Waals surface area contributed by atoms with E-state index in [1.165, 1.54) is 0 Å². The van der Waals surface area contributed by atoms with Gasteiger partial charge in [0, 0.05) is 60.8 Å². The number of aliphatic carboxylic acids is 1. The molecule has 74 heavy (non-hydrogen) atoms. The fraction of sp³-hybridized carbons (Fsp3) is 0.347. The minimum atomic E-state index is -1.45. The first-order chi connectivity index (χ1) is 34.9. The van der Waals surface area contributed by atoms with Crippen LogP contribution in [0.2, 0.25) is 0 Å². The van der Waals surface area contributed by atoms with E-state index in [1.807, 2.05) is 0 Å². The molecule has 0 rings (SSSR count). The Labute approximate surface area is 425 Å². The van der Waals surface area contributed by atoms with Gasteiger partial charge in [-0.25, -0.2) is 47.9 Å². The van der Waals surface area contributed by atoms with E-state index in [2.05, 4.69) is 65.8 Å². The molecule has 0 aliphatic rings. The third-order valence-corrected chi connectivity index (χ3v) is 8.29. The molecule has 0 aromatic carbocycles. The lowest BCUT2D eigenvalue weighted by Crippen LogP contribution is -2.43. The van der Waals surface area contributed by atoms with Crippen LogP contribution >= 0.6 is 0 Å². The van der Waals surface area contributed by atoms with Crippen LogP contribution in [0.15, 0.2) is 127 Å². The van der Waals surface area contributed by atoms with Crippen molar-refractivity contribution in [2.24, 2.45) is 16.2 Å². The second-order valence-electron chi connectivity index (χ2n) is 14.3. The number of hydrogen-bond acceptors (Lipinski definition) is 24. The van der Waals surface area contributed by atoms with E-state index in [0.29, 0.717) is 0 Å². The Morgan fingerprint density at radius 3 is 0.595 bits per heavy atom. The van der Waals surface area contributed by atoms with Crippen LogP contribution in [0, 0.1) is 16.2 Å². The number of rotatable bonds is 36. The highest BCUT2D eigenvalue weighted by Gasteiger charge is 2.39. The number of hydrogen-bond donors (Lipinski definition) is 2. The first-order valence-corrected chi connectivity index (χ1v) is 20.8. The Kier molecular flexibility index (Phi) is 37.1. The number of esters is 11. The standard InChI is InChI=1S/C18H22O10.C17H20O8.C14H18O7/c1-4-14(21)25-9-18(10-26-15(22)5-2,11-27-16(23)6-3)12-28-17(24)8-7-13(19)20;1-5-13(18)22-9-17(10-23-14(19)6-2,11-24-15(20)7-3)12-25-16(21)8-4;1-4-11(16)19-8-14(7-15,9-20-12(17)5-2)10-21-13(18)6-3/h4-6H,1-3,7-12H2,(H,19,20);5-8H,1-4,9-12H2;4-6,15H,1-3,7-10H2. The van der Waals surface area contributed by atoms with Gasteiger partial charge in [-0.05, 0) is 0 Å². The largest absolute Gasteiger partial charge is 0.481 e. The summed E-state index contributed by atoms with van der Waals surface area (Å²) in [5, 5.41) is 18.1. The average Bonchev–Trinajstić information content (AvgIpc) is 3.42. The van der Waals surface area contributed by atoms with Crippen molar-refractivity contribution in [1.82, 2.24) is 0 Å². The van der Waals surface area contributed by atoms with Gasteiger partial charge in [0.05, 0.1) is 24.9 Å². The van der Waals surface area contributed by atoms with Gasteiger partial charge in [-0.2, -0.15) is 0 Å². The second-order valence-corrected chi connectivity index (χ2v) is 14.3. The molecule has 0 aliphatic heterocycles. The molecule has 0 spiro atoms. The molecule has 406 valence electrons. The number of aliphatic hydroxyl groups is 1. The Morgan fingerprint density at radius 1 is 0.284 bits per heavy atom. The Balaban J connectivity index is -0.00000103. The normalized spacial score (nSPS) is 10.1. The van der Waals surface area contributed by atoms with Crippen molar-refractivity contribution in [2.75, 3.05) is 79.3 Å². The van der Waals surface area contributed by atoms with Gasteiger partial charge in [0.2, 0.25) is 0 Å². The molecule has 0 unspecified atom stereocenters. The second kappa shape index (κ2) is 39.7. The van der Waals surface area contributed by atoms with Gasteiger partial charge < -0.3 is 62.3 Å². The van der Waals surface area contributed by atoms with E-state index < -0.39 is 134 Å². The number of carbonyl (C=O) groups excluding carboxylic acids is 11. The summed E-state index contributed by atoms with van der Waals surface area (Å²) >= 11 is 0. The summed E-state index contributed by atoms with van der Waals surface area (Å²) in [4.78, 5) is 135. The van der Waals surface area contributed by atoms with Gasteiger partial charge in [-0.1, -0.05) is 65.8 Å². The van der Waals surface area contributed by atoms with Crippen molar-refractivity contribution in [2.45, 2.75) is 12.8 Å². The molecule has 0 aliphatic carbocycles. The zero-order valence-electron chi connectivity index (χ0n) is 40.5. The quantitative estimate of drug-likeness (QED) is 0.0511. The van der Waals surface area contributed by atoms with Crippen LogP contribution in [0.1, 0.15) is 12.8 Å². The fourth-order valence-electron chi connectivity index (χ4n) is 4.11. The predicted octanol–water partition coefficient (Wildman–Crippen LogP) is 1.61. The first-order valence-electron chi connectivity index (χ1n) is 20.8. The van der Waals surface area contributed by atoms with E-state index in [1.54, 1.807) is 0 Å². The maximum Gasteiger partial charge on any atom is 0.330 e. The summed E-state index contributed by atoms with van der Waals surface area (Å²) in [6.45, 7) is 27.5. The van der Waals surface area contributed by atoms with Crippen LogP contribution in [0.5, 0.6) is 0 Å². The minimum Gasteiger partial charge on any atom is -0.481 e. The summed E-state index contributed by atoms with van der Waals surface area (Å²) in [5.41, 5.74) is -4.07. The molecule has 0 amide bonds. The van der Waals surface area contributed by atoms with Gasteiger partial charge in [0.25, 0.3) is 0 Å². The summed E-state index contributed by atoms with van der Waals surface area (Å²) in [6.07, 6.45) is 8.30. The molecule has 0 aromatic rings. The molecule has 0 atom stereocenters. The van der Waals surface area contributed by atoms with Gasteiger partial charge in [-0.15, -0.1) is 0 Å². The van der Waals surface area contributed by atoms with Gasteiger partial charge in [0.1, 0.15) is 83.5 Å². The number of aliphatic hydroxyl groups excluding tert-OH is 1. The molecule has 0 fully saturated rings. The van der Waals surface area contributed by atoms with Crippen molar-refractivity contribution >= 4 is 71.6 Å². The molecular formula is C49H60O25. The van der Waals surface area contributed by atoms with E-state index in [4.69, 9.17) is 57.2 Å². The number of carboxylic acid groups (broad SMARTS) is 1. The Bertz CT molecular complexity index is 1860. The molecule has 0 heterocycles. The third kappa shape index (κ3) is 33.5. The third-order valence-electron chi connectivity index (χ3n) is 8.29. The lowest BCUT2D eigenvalue weighted by molar-refractivity contribution is -0.168. The summed E-state index contributed by atoms with van der Waals surface area (Å²) in [5.74, 6) is -9.70. The van der Waals surface area contributed by atoms with Gasteiger partial charge in [0.15, 0.2) is 0 Å². The number of ether oxygens (including phenoxy) is 11. The Hall–Kier alpha value is -9.00. The molecule has 0 saturated carbocycles. The highest BCUT2D eigenvalue weighted by molar-refractivity contribution is 5.85. The monoisotopic (exact) mass is 1050 g/mol. The van der Waals surface area contributed by atoms with E-state index >= 15 is 0 Å². The predicted molar refractivity (Wildman–Crippen MR) is 254 cm³/mol. The van der Waals surface area contributed by atoms with Crippen molar-refractivity contribution in [3.8, 4) is 0 Å². The lowest BCUT2D eigenvalue weighted by atomic mass is 9.92. The van der Waals surface area contributed by atoms with Gasteiger partial charge >= 0.3 is 71.6 Å². The summed E-state index contributed by atoms with van der Waals surface area (Å²) < 4.78 is 54.1. The highest BCUT2D eigenvalue weighted by atomic mass is 16.6. The van der Waals surface area contributed by atoms with Crippen LogP contribution in [0.3, 0.4) is 0 Å². The van der Waals surface area contributed by atoms with Crippen LogP contribution < -0.4 is 0 Å². The minimum absolute atomic E-state index is 0.330. The van der Waals surface area contributed by atoms with Crippen LogP contribution in [-0.4, -0.2) is 161 Å². The van der Waals surface area contributed by atoms with E-state index in [0.717, 1.165) is 60.8 Å². The SMILES string of the molecule is C=CC(=O)OCC(CO)(COC(=O)C=C)COC(=O)C=C.C=CC(=O)OCC(COC(=O)C=C)(COC(=O)C=C)COC(=O)C=C.C=CC(=O)OCC(COC(=O)C=C)(COC(=O)C=C)COC(=O)CCC(=O)O. The maximum absolute atomic E-state index is 11.7. The average molecular weight is 1050 g/mol. The van der Waals surface area contributed by atoms with E-state index in [9.17, 15) is 62.6 Å². The molecular weight excluding hydrogens is 989 g/mol. The van der Waals surface area contributed by atoms with Crippen LogP contribution in [-0.2, 0) is 110 Å². The van der Waals surface area contributed by atoms with Gasteiger partial charge in [-0.3, -0.25) is 9.59 Å². The van der Waals surface area contributed by atoms with Crippen molar-refractivity contribution < 1.29 is 120 Å². The van der Waals surface area contributed by atoms with Crippen LogP contribution in [0.25, 0.3) is 0 Å². The first kappa shape index (κ1) is 69.3. The fourth-order valence-corrected chi connectivity index (χ4v) is 4.11. The van der Waals surface area contributed by atoms with Crippen molar-refractivity contribution in [1.29, 1.82) is 0 Å². The molecule has 0 aromatic heterocycles. The molecule has 0 radical (unpaired) electrons. The Morgan fingerprint density at radius 2 is 0.446 bits per heavy atom. The van der Waals surface area contributed by atoms with Crippen molar-refractivity contribution in [3.63, 3.8) is 0 Å². The topological polar surface area (TPSA) is 347 Å². The highest BCUT2D eigenvalue weighted by Crippen LogP contribution is 2.24. The van der Waals surface area contributed by atoms with E-state index in [-0.39, 0.29) is 46.2 Å². The molecule has 25 nitrogen and oxygen atoms in total. The number of carbonyl (C=O) groups is 12. The molecule has 0 saturated heterocycles. The smallest absolute Gasteiger partial charge is 0.330 e. The summed E-state index contributed by atoms with van der Waals surface area (Å²) in [7, 11) is 0. The molecule has 25 heteroatoms. The lowest BCUT2D eigenvalue weighted by Gasteiger charge is -2.31. The maximum atomic E-state index is 11.7. The summed E-state index contributed by atoms with van der Waals surface area (Å²) in [6, 6.07) is 0. The molecule has 2 N–H and O–H groups in total. The van der Waals surface area contributed by atoms with Crippen molar-refractivity contribution in [3.05, 3.63) is 127 Å². The molecule has 0 bridgehead atoms. The zero-order chi connectivity index (χ0) is 57.2. The number of carboxylic acids is 1.